The smallest absolute Gasteiger partial charge is 0.181 e. The number of aromatic nitrogens is 4. The number of tetrazole rings is 1. The summed E-state index contributed by atoms with van der Waals surface area (Å²) in [5.41, 5.74) is 0.969. The second kappa shape index (κ2) is 6.13. The molecule has 0 atom stereocenters. The second-order valence-electron chi connectivity index (χ2n) is 4.39. The van der Waals surface area contributed by atoms with E-state index in [1.807, 2.05) is 30.3 Å². The van der Waals surface area contributed by atoms with E-state index in [1.54, 1.807) is 10.8 Å². The number of hydrogen-bond acceptors (Lipinski definition) is 4. The number of para-hydroxylation sites is 1. The summed E-state index contributed by atoms with van der Waals surface area (Å²) >= 11 is 0. The summed E-state index contributed by atoms with van der Waals surface area (Å²) in [6.45, 7) is 0. The number of nitrogens with zero attached hydrogens (tertiary/aromatic N) is 4. The molecule has 0 aliphatic rings. The fourth-order valence-electron chi connectivity index (χ4n) is 1.86. The lowest BCUT2D eigenvalue weighted by atomic mass is 10.3. The lowest BCUT2D eigenvalue weighted by molar-refractivity contribution is 0.586. The van der Waals surface area contributed by atoms with Gasteiger partial charge in [0.1, 0.15) is 11.6 Å². The molecule has 1 heterocycles. The third kappa shape index (κ3) is 2.98. The Morgan fingerprint density at radius 3 is 2.64 bits per heavy atom. The molecule has 0 aliphatic carbocycles. The van der Waals surface area contributed by atoms with Gasteiger partial charge in [0.05, 0.1) is 11.4 Å². The van der Waals surface area contributed by atoms with Gasteiger partial charge in [0, 0.05) is 18.3 Å². The molecule has 0 radical (unpaired) electrons. The molecule has 0 fully saturated rings. The molecule has 0 saturated carbocycles. The van der Waals surface area contributed by atoms with E-state index in [2.05, 4.69) is 20.8 Å². The van der Waals surface area contributed by atoms with Crippen LogP contribution in [0, 0.1) is 11.6 Å². The topological polar surface area (TPSA) is 55.6 Å². The molecule has 0 unspecified atom stereocenters. The Hall–Kier alpha value is -3.09. The number of nitrogens with one attached hydrogen (secondary N) is 1. The SMILES string of the molecule is Fc1ccc(N/C=C\c2nnnn2-c2ccccc2)c(F)c1. The van der Waals surface area contributed by atoms with E-state index in [-0.39, 0.29) is 5.69 Å². The van der Waals surface area contributed by atoms with Gasteiger partial charge in [-0.25, -0.2) is 8.78 Å². The Morgan fingerprint density at radius 1 is 1.05 bits per heavy atom. The van der Waals surface area contributed by atoms with E-state index in [9.17, 15) is 8.78 Å². The minimum Gasteiger partial charge on any atom is -0.359 e. The van der Waals surface area contributed by atoms with Crippen LogP contribution in [0.15, 0.2) is 54.7 Å². The average Bonchev–Trinajstić information content (AvgIpc) is 2.99. The van der Waals surface area contributed by atoms with Crippen LogP contribution >= 0.6 is 0 Å². The van der Waals surface area contributed by atoms with E-state index in [0.29, 0.717) is 5.82 Å². The highest BCUT2D eigenvalue weighted by atomic mass is 19.1. The molecule has 1 N–H and O–H groups in total. The Morgan fingerprint density at radius 2 is 1.86 bits per heavy atom. The fourth-order valence-corrected chi connectivity index (χ4v) is 1.86. The van der Waals surface area contributed by atoms with Crippen molar-refractivity contribution in [3.05, 3.63) is 72.2 Å². The van der Waals surface area contributed by atoms with Crippen LogP contribution in [-0.2, 0) is 0 Å². The molecular formula is C15H11F2N5. The van der Waals surface area contributed by atoms with Crippen LogP contribution < -0.4 is 5.32 Å². The minimum absolute atomic E-state index is 0.163. The molecule has 0 amide bonds. The Balaban J connectivity index is 1.78. The van der Waals surface area contributed by atoms with Crippen LogP contribution in [0.4, 0.5) is 14.5 Å². The fraction of sp³-hybridized carbons (Fsp3) is 0. The molecule has 3 rings (SSSR count). The van der Waals surface area contributed by atoms with E-state index in [1.165, 1.54) is 18.3 Å². The first-order valence-corrected chi connectivity index (χ1v) is 6.46. The van der Waals surface area contributed by atoms with Gasteiger partial charge < -0.3 is 5.32 Å². The van der Waals surface area contributed by atoms with Gasteiger partial charge >= 0.3 is 0 Å². The van der Waals surface area contributed by atoms with E-state index in [0.717, 1.165) is 11.8 Å². The third-order valence-electron chi connectivity index (χ3n) is 2.90. The maximum absolute atomic E-state index is 13.5. The molecule has 0 saturated heterocycles. The van der Waals surface area contributed by atoms with Crippen molar-refractivity contribution >= 4 is 11.8 Å². The summed E-state index contributed by atoms with van der Waals surface area (Å²) in [5, 5.41) is 14.1. The van der Waals surface area contributed by atoms with Gasteiger partial charge in [-0.1, -0.05) is 18.2 Å². The van der Waals surface area contributed by atoms with Crippen LogP contribution in [0.3, 0.4) is 0 Å². The lowest BCUT2D eigenvalue weighted by Crippen LogP contribution is -1.99. The van der Waals surface area contributed by atoms with Gasteiger partial charge in [0.2, 0.25) is 0 Å². The molecule has 0 spiro atoms. The van der Waals surface area contributed by atoms with Crippen molar-refractivity contribution in [3.63, 3.8) is 0 Å². The average molecular weight is 299 g/mol. The summed E-state index contributed by atoms with van der Waals surface area (Å²) in [7, 11) is 0. The number of rotatable bonds is 4. The first-order valence-electron chi connectivity index (χ1n) is 6.46. The highest BCUT2D eigenvalue weighted by molar-refractivity contribution is 5.53. The largest absolute Gasteiger partial charge is 0.359 e. The predicted molar refractivity (Wildman–Crippen MR) is 78.2 cm³/mol. The monoisotopic (exact) mass is 299 g/mol. The third-order valence-corrected chi connectivity index (χ3v) is 2.90. The number of anilines is 1. The molecule has 0 bridgehead atoms. The summed E-state index contributed by atoms with van der Waals surface area (Å²) < 4.78 is 27.8. The minimum atomic E-state index is -0.674. The van der Waals surface area contributed by atoms with E-state index in [4.69, 9.17) is 0 Å². The summed E-state index contributed by atoms with van der Waals surface area (Å²) in [6.07, 6.45) is 3.08. The number of hydrogen-bond donors (Lipinski definition) is 1. The maximum Gasteiger partial charge on any atom is 0.181 e. The van der Waals surface area contributed by atoms with Crippen LogP contribution in [0.1, 0.15) is 5.82 Å². The quantitative estimate of drug-likeness (QED) is 0.804. The Bertz CT molecular complexity index is 799. The first-order chi connectivity index (χ1) is 10.7. The van der Waals surface area contributed by atoms with Gasteiger partial charge in [-0.3, -0.25) is 0 Å². The van der Waals surface area contributed by atoms with Crippen molar-refractivity contribution in [1.82, 2.24) is 20.2 Å². The zero-order valence-electron chi connectivity index (χ0n) is 11.3. The second-order valence-corrected chi connectivity index (χ2v) is 4.39. The molecule has 3 aromatic rings. The molecule has 7 heteroatoms. The van der Waals surface area contributed by atoms with Crippen LogP contribution in [0.25, 0.3) is 11.8 Å². The van der Waals surface area contributed by atoms with E-state index < -0.39 is 11.6 Å². The lowest BCUT2D eigenvalue weighted by Gasteiger charge is -2.03. The summed E-state index contributed by atoms with van der Waals surface area (Å²) in [4.78, 5) is 0. The highest BCUT2D eigenvalue weighted by Crippen LogP contribution is 2.15. The van der Waals surface area contributed by atoms with Gasteiger partial charge in [-0.2, -0.15) is 4.68 Å². The first kappa shape index (κ1) is 13.9. The molecule has 22 heavy (non-hydrogen) atoms. The van der Waals surface area contributed by atoms with Crippen molar-refractivity contribution < 1.29 is 8.78 Å². The number of benzene rings is 2. The summed E-state index contributed by atoms with van der Waals surface area (Å²) in [5.74, 6) is -0.825. The zero-order chi connectivity index (χ0) is 15.4. The van der Waals surface area contributed by atoms with Gasteiger partial charge in [0.25, 0.3) is 0 Å². The Kier molecular flexibility index (Phi) is 3.86. The molecule has 1 aromatic heterocycles. The maximum atomic E-state index is 13.5. The molecular weight excluding hydrogens is 288 g/mol. The van der Waals surface area contributed by atoms with Gasteiger partial charge in [-0.15, -0.1) is 5.10 Å². The van der Waals surface area contributed by atoms with Crippen molar-refractivity contribution in [2.45, 2.75) is 0 Å². The molecule has 0 aliphatic heterocycles. The molecule has 2 aromatic carbocycles. The normalized spacial score (nSPS) is 11.0. The van der Waals surface area contributed by atoms with Crippen molar-refractivity contribution in [1.29, 1.82) is 0 Å². The van der Waals surface area contributed by atoms with Crippen molar-refractivity contribution in [2.75, 3.05) is 5.32 Å². The molecule has 110 valence electrons. The van der Waals surface area contributed by atoms with Gasteiger partial charge in [-0.05, 0) is 34.7 Å². The number of halogens is 2. The van der Waals surface area contributed by atoms with Gasteiger partial charge in [0.15, 0.2) is 5.82 Å². The van der Waals surface area contributed by atoms with Crippen molar-refractivity contribution in [2.24, 2.45) is 0 Å². The standard InChI is InChI=1S/C15H11F2N5/c16-11-6-7-14(13(17)10-11)18-9-8-15-19-20-21-22(15)12-4-2-1-3-5-12/h1-10,18H/b9-8-. The van der Waals surface area contributed by atoms with Crippen molar-refractivity contribution in [3.8, 4) is 5.69 Å². The Labute approximate surface area is 124 Å². The van der Waals surface area contributed by atoms with Crippen LogP contribution in [0.5, 0.6) is 0 Å². The predicted octanol–water partition coefficient (Wildman–Crippen LogP) is 3.02. The van der Waals surface area contributed by atoms with Crippen LogP contribution in [-0.4, -0.2) is 20.2 Å². The van der Waals surface area contributed by atoms with E-state index >= 15 is 0 Å². The molecule has 5 nitrogen and oxygen atoms in total. The van der Waals surface area contributed by atoms with Crippen LogP contribution in [0.2, 0.25) is 0 Å². The highest BCUT2D eigenvalue weighted by Gasteiger charge is 2.05. The summed E-state index contributed by atoms with van der Waals surface area (Å²) in [6, 6.07) is 12.7. The zero-order valence-corrected chi connectivity index (χ0v) is 11.3.